The smallest absolute Gasteiger partial charge is 0.306 e. The van der Waals surface area contributed by atoms with Gasteiger partial charge in [-0.25, -0.2) is 0 Å². The summed E-state index contributed by atoms with van der Waals surface area (Å²) in [7, 11) is -3.68. The van der Waals surface area contributed by atoms with Crippen LogP contribution in [-0.4, -0.2) is 25.6 Å². The van der Waals surface area contributed by atoms with E-state index in [-0.39, 0.29) is 11.3 Å². The lowest BCUT2D eigenvalue weighted by atomic mass is 10.1. The number of carbonyl (C=O) groups is 1. The third kappa shape index (κ3) is 3.32. The van der Waals surface area contributed by atoms with Crippen molar-refractivity contribution in [2.24, 2.45) is 0 Å². The predicted octanol–water partition coefficient (Wildman–Crippen LogP) is 0.647. The van der Waals surface area contributed by atoms with Gasteiger partial charge in [-0.3, -0.25) is 4.79 Å². The van der Waals surface area contributed by atoms with Gasteiger partial charge in [-0.1, -0.05) is 18.2 Å². The minimum absolute atomic E-state index is 0.0345. The number of hydrogen-bond donors (Lipinski definition) is 1. The van der Waals surface area contributed by atoms with Crippen LogP contribution in [0, 0.1) is 0 Å². The minimum atomic E-state index is -3.68. The fourth-order valence-electron chi connectivity index (χ4n) is 1.16. The zero-order valence-corrected chi connectivity index (χ0v) is 9.69. The Balaban J connectivity index is 3.15. The van der Waals surface area contributed by atoms with Crippen LogP contribution in [0.15, 0.2) is 24.3 Å². The lowest BCUT2D eigenvalue weighted by molar-refractivity contribution is -0.125. The monoisotopic (exact) mass is 244 g/mol. The van der Waals surface area contributed by atoms with Crippen LogP contribution in [0.2, 0.25) is 0 Å². The maximum absolute atomic E-state index is 11.0. The second-order valence-electron chi connectivity index (χ2n) is 3.34. The molecule has 0 aliphatic heterocycles. The maximum Gasteiger partial charge on any atom is 0.306 e. The normalized spacial score (nSPS) is 13.2. The molecule has 5 nitrogen and oxygen atoms in total. The average molecular weight is 244 g/mol. The Hall–Kier alpha value is -1.40. The van der Waals surface area contributed by atoms with Gasteiger partial charge in [-0.05, 0) is 13.0 Å². The van der Waals surface area contributed by atoms with Gasteiger partial charge in [0.05, 0.1) is 6.26 Å². The van der Waals surface area contributed by atoms with Crippen LogP contribution in [0.25, 0.3) is 0 Å². The molecule has 0 bridgehead atoms. The van der Waals surface area contributed by atoms with E-state index in [0.717, 1.165) is 6.26 Å². The Labute approximate surface area is 93.8 Å². The number of aliphatic hydroxyl groups is 1. The maximum atomic E-state index is 11.0. The van der Waals surface area contributed by atoms with Crippen molar-refractivity contribution in [1.82, 2.24) is 0 Å². The van der Waals surface area contributed by atoms with Crippen LogP contribution in [0.3, 0.4) is 0 Å². The third-order valence-electron chi connectivity index (χ3n) is 1.84. The second-order valence-corrected chi connectivity index (χ2v) is 4.91. The second kappa shape index (κ2) is 4.63. The van der Waals surface area contributed by atoms with Crippen LogP contribution in [0.4, 0.5) is 0 Å². The summed E-state index contributed by atoms with van der Waals surface area (Å²) < 4.78 is 26.6. The lowest BCUT2D eigenvalue weighted by Crippen LogP contribution is -2.12. The molecule has 0 aliphatic carbocycles. The molecule has 0 fully saturated rings. The number of hydrogen-bond acceptors (Lipinski definition) is 5. The van der Waals surface area contributed by atoms with Crippen LogP contribution in [-0.2, 0) is 14.9 Å². The molecule has 0 saturated carbocycles. The first-order valence-corrected chi connectivity index (χ1v) is 6.30. The number of ketones is 1. The molecule has 1 aromatic carbocycles. The van der Waals surface area contributed by atoms with Gasteiger partial charge >= 0.3 is 10.1 Å². The summed E-state index contributed by atoms with van der Waals surface area (Å²) in [6.07, 6.45) is -0.484. The van der Waals surface area contributed by atoms with Gasteiger partial charge in [0, 0.05) is 5.56 Å². The molecule has 0 heterocycles. The molecule has 88 valence electrons. The lowest BCUT2D eigenvalue weighted by Gasteiger charge is -2.12. The van der Waals surface area contributed by atoms with E-state index in [9.17, 15) is 18.3 Å². The van der Waals surface area contributed by atoms with Gasteiger partial charge in [0.2, 0.25) is 0 Å². The number of para-hydroxylation sites is 1. The Kier molecular flexibility index (Phi) is 3.66. The Morgan fingerprint density at radius 1 is 1.38 bits per heavy atom. The van der Waals surface area contributed by atoms with Crippen LogP contribution < -0.4 is 4.18 Å². The summed E-state index contributed by atoms with van der Waals surface area (Å²) >= 11 is 0. The van der Waals surface area contributed by atoms with Crippen molar-refractivity contribution in [2.75, 3.05) is 6.26 Å². The highest BCUT2D eigenvalue weighted by molar-refractivity contribution is 7.86. The molecule has 6 heteroatoms. The van der Waals surface area contributed by atoms with Crippen molar-refractivity contribution in [2.45, 2.75) is 13.0 Å². The van der Waals surface area contributed by atoms with E-state index in [1.807, 2.05) is 0 Å². The molecule has 16 heavy (non-hydrogen) atoms. The molecule has 0 radical (unpaired) electrons. The van der Waals surface area contributed by atoms with E-state index in [2.05, 4.69) is 4.18 Å². The fourth-order valence-corrected chi connectivity index (χ4v) is 1.64. The van der Waals surface area contributed by atoms with Crippen LogP contribution >= 0.6 is 0 Å². The van der Waals surface area contributed by atoms with Crippen molar-refractivity contribution < 1.29 is 22.5 Å². The number of carbonyl (C=O) groups excluding carboxylic acids is 1. The van der Waals surface area contributed by atoms with E-state index >= 15 is 0 Å². The zero-order valence-electron chi connectivity index (χ0n) is 8.88. The summed E-state index contributed by atoms with van der Waals surface area (Å²) in [5, 5.41) is 9.55. The standard InChI is InChI=1S/C10H12O5S/c1-7(11)10(12)8-5-3-4-6-9(8)15-16(2,13)14/h3-6,10,12H,1-2H3. The van der Waals surface area contributed by atoms with Crippen molar-refractivity contribution >= 4 is 15.9 Å². The number of rotatable bonds is 4. The quantitative estimate of drug-likeness (QED) is 0.786. The van der Waals surface area contributed by atoms with Crippen LogP contribution in [0.1, 0.15) is 18.6 Å². The molecule has 1 rings (SSSR count). The molecular formula is C10H12O5S. The van der Waals surface area contributed by atoms with Gasteiger partial charge in [-0.2, -0.15) is 8.42 Å². The summed E-state index contributed by atoms with van der Waals surface area (Å²) in [5.74, 6) is -0.516. The number of aliphatic hydroxyl groups excluding tert-OH is 1. The molecule has 0 aromatic heterocycles. The van der Waals surface area contributed by atoms with Gasteiger partial charge in [-0.15, -0.1) is 0 Å². The van der Waals surface area contributed by atoms with Crippen molar-refractivity contribution in [3.63, 3.8) is 0 Å². The largest absolute Gasteiger partial charge is 0.382 e. The molecule has 1 N–H and O–H groups in total. The summed E-state index contributed by atoms with van der Waals surface area (Å²) in [4.78, 5) is 11.0. The van der Waals surface area contributed by atoms with Crippen molar-refractivity contribution in [1.29, 1.82) is 0 Å². The summed E-state index contributed by atoms with van der Waals surface area (Å²) in [6.45, 7) is 1.21. The van der Waals surface area contributed by atoms with Crippen LogP contribution in [0.5, 0.6) is 5.75 Å². The Bertz CT molecular complexity index is 492. The molecule has 1 aromatic rings. The molecule has 1 unspecified atom stereocenters. The van der Waals surface area contributed by atoms with E-state index in [4.69, 9.17) is 0 Å². The summed E-state index contributed by atoms with van der Waals surface area (Å²) in [5.41, 5.74) is 0.139. The third-order valence-corrected chi connectivity index (χ3v) is 2.32. The highest BCUT2D eigenvalue weighted by atomic mass is 32.2. The molecule has 0 spiro atoms. The average Bonchev–Trinajstić information content (AvgIpc) is 2.15. The zero-order chi connectivity index (χ0) is 12.3. The van der Waals surface area contributed by atoms with E-state index < -0.39 is 22.0 Å². The Morgan fingerprint density at radius 3 is 2.44 bits per heavy atom. The first kappa shape index (κ1) is 12.7. The highest BCUT2D eigenvalue weighted by Crippen LogP contribution is 2.26. The first-order valence-electron chi connectivity index (χ1n) is 4.48. The first-order chi connectivity index (χ1) is 7.31. The van der Waals surface area contributed by atoms with E-state index in [1.54, 1.807) is 12.1 Å². The molecular weight excluding hydrogens is 232 g/mol. The topological polar surface area (TPSA) is 80.7 Å². The number of Topliss-reactive ketones (excluding diaryl/α,β-unsaturated/α-hetero) is 1. The van der Waals surface area contributed by atoms with Gasteiger partial charge in [0.1, 0.15) is 11.9 Å². The van der Waals surface area contributed by atoms with Gasteiger partial charge < -0.3 is 9.29 Å². The predicted molar refractivity (Wildman–Crippen MR) is 57.6 cm³/mol. The number of benzene rings is 1. The SMILES string of the molecule is CC(=O)C(O)c1ccccc1OS(C)(=O)=O. The van der Waals surface area contributed by atoms with Gasteiger partial charge in [0.15, 0.2) is 5.78 Å². The fraction of sp³-hybridized carbons (Fsp3) is 0.300. The highest BCUT2D eigenvalue weighted by Gasteiger charge is 2.19. The molecule has 0 amide bonds. The summed E-state index contributed by atoms with van der Waals surface area (Å²) in [6, 6.07) is 5.95. The molecule has 1 atom stereocenters. The van der Waals surface area contributed by atoms with E-state index in [1.165, 1.54) is 19.1 Å². The van der Waals surface area contributed by atoms with Gasteiger partial charge in [0.25, 0.3) is 0 Å². The van der Waals surface area contributed by atoms with Crippen molar-refractivity contribution in [3.05, 3.63) is 29.8 Å². The minimum Gasteiger partial charge on any atom is -0.382 e. The van der Waals surface area contributed by atoms with E-state index in [0.29, 0.717) is 0 Å². The molecule has 0 saturated heterocycles. The Morgan fingerprint density at radius 2 is 1.94 bits per heavy atom. The van der Waals surface area contributed by atoms with Crippen molar-refractivity contribution in [3.8, 4) is 5.75 Å². The molecule has 0 aliphatic rings.